The maximum Gasteiger partial charge on any atom is 0.303 e. The quantitative estimate of drug-likeness (QED) is 0.141. The molecule has 0 aliphatic rings. The molecule has 0 atom stereocenters. The SMILES string of the molecule is NC(N)=NN=CC=Cc1cccn1-c1ccccc1[N+](=O)[O-].O=C(O)CCCCC(=O)O. The number of benzene rings is 1. The number of nitrogens with zero attached hydrogens (tertiary/aromatic N) is 4. The lowest BCUT2D eigenvalue weighted by atomic mass is 10.2. The lowest BCUT2D eigenvalue weighted by molar-refractivity contribution is -0.384. The summed E-state index contributed by atoms with van der Waals surface area (Å²) >= 11 is 0. The third-order valence-electron chi connectivity index (χ3n) is 3.74. The van der Waals surface area contributed by atoms with E-state index in [0.29, 0.717) is 18.5 Å². The van der Waals surface area contributed by atoms with Crippen LogP contribution in [0.25, 0.3) is 11.8 Å². The number of guanidine groups is 1. The van der Waals surface area contributed by atoms with Crippen molar-refractivity contribution in [1.82, 2.24) is 4.57 Å². The van der Waals surface area contributed by atoms with Gasteiger partial charge >= 0.3 is 11.9 Å². The number of unbranched alkanes of at least 4 members (excludes halogenated alkanes) is 1. The number of carboxylic acids is 2. The summed E-state index contributed by atoms with van der Waals surface area (Å²) < 4.78 is 1.71. The first-order chi connectivity index (χ1) is 15.2. The fourth-order valence-corrected chi connectivity index (χ4v) is 2.40. The topological polar surface area (TPSA) is 199 Å². The van der Waals surface area contributed by atoms with E-state index >= 15 is 0 Å². The molecular weight excluding hydrogens is 420 g/mol. The van der Waals surface area contributed by atoms with Crippen LogP contribution in [0.15, 0.2) is 58.9 Å². The number of aliphatic carboxylic acids is 2. The maximum atomic E-state index is 11.1. The van der Waals surface area contributed by atoms with Crippen LogP contribution in [0.5, 0.6) is 0 Å². The second kappa shape index (κ2) is 13.7. The van der Waals surface area contributed by atoms with Crippen molar-refractivity contribution in [3.63, 3.8) is 0 Å². The molecule has 2 rings (SSSR count). The number of nitro benzene ring substituents is 1. The minimum atomic E-state index is -0.870. The van der Waals surface area contributed by atoms with Crippen LogP contribution in [-0.2, 0) is 9.59 Å². The van der Waals surface area contributed by atoms with Crippen LogP contribution < -0.4 is 11.5 Å². The summed E-state index contributed by atoms with van der Waals surface area (Å²) in [5.74, 6) is -1.87. The van der Waals surface area contributed by atoms with Gasteiger partial charge in [-0.25, -0.2) is 0 Å². The lowest BCUT2D eigenvalue weighted by Crippen LogP contribution is -2.21. The summed E-state index contributed by atoms with van der Waals surface area (Å²) in [6, 6.07) is 10.1. The molecule has 0 bridgehead atoms. The number of carboxylic acid groups (broad SMARTS) is 2. The molecule has 0 fully saturated rings. The molecule has 0 amide bonds. The normalized spacial score (nSPS) is 10.5. The number of hydrogen-bond acceptors (Lipinski definition) is 6. The van der Waals surface area contributed by atoms with Crippen LogP contribution in [0, 0.1) is 10.1 Å². The van der Waals surface area contributed by atoms with Gasteiger partial charge in [-0.15, -0.1) is 5.10 Å². The van der Waals surface area contributed by atoms with Crippen molar-refractivity contribution in [2.45, 2.75) is 25.7 Å². The molecule has 12 heteroatoms. The van der Waals surface area contributed by atoms with E-state index in [0.717, 1.165) is 5.69 Å². The summed E-state index contributed by atoms with van der Waals surface area (Å²) in [7, 11) is 0. The van der Waals surface area contributed by atoms with Crippen molar-refractivity contribution >= 4 is 35.9 Å². The van der Waals surface area contributed by atoms with Crippen LogP contribution in [0.2, 0.25) is 0 Å². The van der Waals surface area contributed by atoms with E-state index in [2.05, 4.69) is 10.2 Å². The van der Waals surface area contributed by atoms with Gasteiger partial charge in [0.15, 0.2) is 0 Å². The zero-order valence-electron chi connectivity index (χ0n) is 17.1. The Labute approximate surface area is 183 Å². The van der Waals surface area contributed by atoms with Gasteiger partial charge in [0.1, 0.15) is 5.69 Å². The first-order valence-electron chi connectivity index (χ1n) is 9.35. The number of rotatable bonds is 10. The van der Waals surface area contributed by atoms with Crippen molar-refractivity contribution in [2.24, 2.45) is 21.7 Å². The average molecular weight is 444 g/mol. The molecule has 170 valence electrons. The van der Waals surface area contributed by atoms with Crippen LogP contribution in [-0.4, -0.2) is 43.8 Å². The van der Waals surface area contributed by atoms with Gasteiger partial charge in [-0.1, -0.05) is 12.1 Å². The third kappa shape index (κ3) is 9.82. The van der Waals surface area contributed by atoms with Crippen LogP contribution in [0.4, 0.5) is 5.69 Å². The van der Waals surface area contributed by atoms with Crippen LogP contribution >= 0.6 is 0 Å². The first-order valence-corrected chi connectivity index (χ1v) is 9.35. The Morgan fingerprint density at radius 3 is 2.25 bits per heavy atom. The zero-order chi connectivity index (χ0) is 23.9. The van der Waals surface area contributed by atoms with E-state index in [-0.39, 0.29) is 24.5 Å². The predicted octanol–water partition coefficient (Wildman–Crippen LogP) is 2.37. The van der Waals surface area contributed by atoms with E-state index < -0.39 is 16.9 Å². The lowest BCUT2D eigenvalue weighted by Gasteiger charge is -2.06. The molecule has 0 radical (unpaired) electrons. The molecule has 2 aromatic rings. The van der Waals surface area contributed by atoms with E-state index in [9.17, 15) is 19.7 Å². The Morgan fingerprint density at radius 1 is 1.06 bits per heavy atom. The van der Waals surface area contributed by atoms with Gasteiger partial charge in [-0.05, 0) is 43.2 Å². The summed E-state index contributed by atoms with van der Waals surface area (Å²) in [5, 5.41) is 34.5. The first kappa shape index (κ1) is 25.6. The summed E-state index contributed by atoms with van der Waals surface area (Å²) in [5.41, 5.74) is 11.5. The van der Waals surface area contributed by atoms with E-state index in [1.165, 1.54) is 12.3 Å². The van der Waals surface area contributed by atoms with Gasteiger partial charge in [-0.3, -0.25) is 19.7 Å². The van der Waals surface area contributed by atoms with Crippen LogP contribution in [0.1, 0.15) is 31.4 Å². The zero-order valence-corrected chi connectivity index (χ0v) is 17.1. The Kier molecular flexibility index (Phi) is 10.9. The largest absolute Gasteiger partial charge is 0.481 e. The predicted molar refractivity (Wildman–Crippen MR) is 119 cm³/mol. The number of nitro groups is 1. The minimum Gasteiger partial charge on any atom is -0.481 e. The smallest absolute Gasteiger partial charge is 0.303 e. The molecule has 0 spiro atoms. The second-order valence-electron chi connectivity index (χ2n) is 6.19. The molecule has 6 N–H and O–H groups in total. The van der Waals surface area contributed by atoms with Gasteiger partial charge in [0.05, 0.1) is 4.92 Å². The van der Waals surface area contributed by atoms with Gasteiger partial charge in [-0.2, -0.15) is 5.10 Å². The molecular formula is C20H24N6O6. The van der Waals surface area contributed by atoms with Crippen LogP contribution in [0.3, 0.4) is 0 Å². The number of hydrogen-bond donors (Lipinski definition) is 4. The minimum absolute atomic E-state index is 0.0301. The highest BCUT2D eigenvalue weighted by molar-refractivity contribution is 5.80. The number of nitrogens with two attached hydrogens (primary N) is 2. The van der Waals surface area contributed by atoms with E-state index in [4.69, 9.17) is 21.7 Å². The van der Waals surface area contributed by atoms with Gasteiger partial charge in [0, 0.05) is 37.0 Å². The fraction of sp³-hybridized carbons (Fsp3) is 0.200. The standard InChI is InChI=1S/C14H14N6O2.C6H10O4/c15-14(16)18-17-9-3-5-11-6-4-10-19(11)12-7-1-2-8-13(12)20(21)22;7-5(8)3-1-2-4-6(9)10/h1-10H,(H4,15,16,18);1-4H2,(H,7,8)(H,9,10). The van der Waals surface area contributed by atoms with Crippen molar-refractivity contribution in [1.29, 1.82) is 0 Å². The molecule has 0 aliphatic carbocycles. The van der Waals surface area contributed by atoms with Crippen molar-refractivity contribution in [3.05, 3.63) is 64.5 Å². The Bertz CT molecular complexity index is 992. The number of carbonyl (C=O) groups is 2. The summed E-state index contributed by atoms with van der Waals surface area (Å²) in [6.07, 6.45) is 7.55. The Morgan fingerprint density at radius 2 is 1.69 bits per heavy atom. The summed E-state index contributed by atoms with van der Waals surface area (Å²) in [4.78, 5) is 30.5. The molecule has 0 saturated carbocycles. The van der Waals surface area contributed by atoms with Gasteiger partial charge in [0.2, 0.25) is 5.96 Å². The molecule has 0 aliphatic heterocycles. The third-order valence-corrected chi connectivity index (χ3v) is 3.74. The van der Waals surface area contributed by atoms with Gasteiger partial charge in [0.25, 0.3) is 5.69 Å². The molecule has 1 aromatic carbocycles. The van der Waals surface area contributed by atoms with Crippen molar-refractivity contribution in [3.8, 4) is 5.69 Å². The monoisotopic (exact) mass is 444 g/mol. The maximum absolute atomic E-state index is 11.1. The summed E-state index contributed by atoms with van der Waals surface area (Å²) in [6.45, 7) is 0. The molecule has 12 nitrogen and oxygen atoms in total. The highest BCUT2D eigenvalue weighted by Gasteiger charge is 2.14. The van der Waals surface area contributed by atoms with E-state index in [1.807, 2.05) is 6.07 Å². The highest BCUT2D eigenvalue weighted by atomic mass is 16.6. The molecule has 1 heterocycles. The molecule has 0 unspecified atom stereocenters. The Hall–Kier alpha value is -4.48. The second-order valence-corrected chi connectivity index (χ2v) is 6.19. The molecule has 32 heavy (non-hydrogen) atoms. The average Bonchev–Trinajstić information content (AvgIpc) is 3.19. The van der Waals surface area contributed by atoms with Gasteiger partial charge < -0.3 is 26.2 Å². The number of para-hydroxylation sites is 2. The fourth-order valence-electron chi connectivity index (χ4n) is 2.40. The molecule has 1 aromatic heterocycles. The van der Waals surface area contributed by atoms with Crippen molar-refractivity contribution in [2.75, 3.05) is 0 Å². The van der Waals surface area contributed by atoms with Crippen molar-refractivity contribution < 1.29 is 24.7 Å². The number of allylic oxidation sites excluding steroid dienone is 1. The Balaban J connectivity index is 0.000000433. The number of aromatic nitrogens is 1. The molecule has 0 saturated heterocycles. The highest BCUT2D eigenvalue weighted by Crippen LogP contribution is 2.24. The van der Waals surface area contributed by atoms with E-state index in [1.54, 1.807) is 47.2 Å².